The van der Waals surface area contributed by atoms with E-state index in [1.165, 1.54) is 11.0 Å². The predicted octanol–water partition coefficient (Wildman–Crippen LogP) is 3.40. The summed E-state index contributed by atoms with van der Waals surface area (Å²) in [6.07, 6.45) is -2.99. The predicted molar refractivity (Wildman–Crippen MR) is 63.0 cm³/mol. The molecule has 2 rings (SSSR count). The number of aromatic nitrogens is 2. The van der Waals surface area contributed by atoms with Crippen molar-refractivity contribution in [3.8, 4) is 0 Å². The summed E-state index contributed by atoms with van der Waals surface area (Å²) in [6, 6.07) is 1.49. The fraction of sp³-hybridized carbons (Fsp3) is 0.636. The van der Waals surface area contributed by atoms with Crippen LogP contribution in [-0.4, -0.2) is 29.7 Å². The highest BCUT2D eigenvalue weighted by Gasteiger charge is 2.29. The second-order valence-electron chi connectivity index (χ2n) is 4.47. The Labute approximate surface area is 108 Å². The van der Waals surface area contributed by atoms with Gasteiger partial charge in [0.2, 0.25) is 0 Å². The molecule has 1 aliphatic rings. The molecule has 1 saturated carbocycles. The SMILES string of the molecule is CN(CCC(F)(F)F)c1cc(Cl)nc(C2CC2)n1. The molecule has 1 aromatic rings. The molecule has 18 heavy (non-hydrogen) atoms. The molecule has 0 radical (unpaired) electrons. The summed E-state index contributed by atoms with van der Waals surface area (Å²) in [4.78, 5) is 9.80. The van der Waals surface area contributed by atoms with Gasteiger partial charge in [0.05, 0.1) is 6.42 Å². The lowest BCUT2D eigenvalue weighted by Gasteiger charge is -2.19. The normalized spacial score (nSPS) is 15.8. The second kappa shape index (κ2) is 4.91. The average molecular weight is 280 g/mol. The Balaban J connectivity index is 2.07. The van der Waals surface area contributed by atoms with Gasteiger partial charge in [-0.05, 0) is 12.8 Å². The van der Waals surface area contributed by atoms with Crippen LogP contribution < -0.4 is 4.90 Å². The summed E-state index contributed by atoms with van der Waals surface area (Å²) in [7, 11) is 1.57. The van der Waals surface area contributed by atoms with Crippen molar-refractivity contribution in [1.29, 1.82) is 0 Å². The first-order valence-electron chi connectivity index (χ1n) is 5.67. The number of nitrogens with zero attached hydrogens (tertiary/aromatic N) is 3. The van der Waals surface area contributed by atoms with Gasteiger partial charge in [0.25, 0.3) is 0 Å². The maximum Gasteiger partial charge on any atom is 0.390 e. The molecular weight excluding hydrogens is 267 g/mol. The van der Waals surface area contributed by atoms with Gasteiger partial charge in [-0.15, -0.1) is 0 Å². The number of halogens is 4. The number of hydrogen-bond donors (Lipinski definition) is 0. The highest BCUT2D eigenvalue weighted by molar-refractivity contribution is 6.29. The Morgan fingerprint density at radius 3 is 2.61 bits per heavy atom. The molecular formula is C11H13ClF3N3. The Morgan fingerprint density at radius 1 is 1.39 bits per heavy atom. The Kier molecular flexibility index (Phi) is 3.66. The molecule has 0 atom stereocenters. The zero-order valence-electron chi connectivity index (χ0n) is 9.84. The zero-order chi connectivity index (χ0) is 13.3. The van der Waals surface area contributed by atoms with Crippen molar-refractivity contribution in [2.45, 2.75) is 31.4 Å². The third kappa shape index (κ3) is 3.73. The average Bonchev–Trinajstić information content (AvgIpc) is 3.07. The molecule has 1 fully saturated rings. The maximum absolute atomic E-state index is 12.1. The van der Waals surface area contributed by atoms with E-state index in [-0.39, 0.29) is 11.7 Å². The largest absolute Gasteiger partial charge is 0.390 e. The molecule has 0 spiro atoms. The smallest absolute Gasteiger partial charge is 0.359 e. The summed E-state index contributed by atoms with van der Waals surface area (Å²) < 4.78 is 36.4. The van der Waals surface area contributed by atoms with Crippen molar-refractivity contribution in [1.82, 2.24) is 9.97 Å². The van der Waals surface area contributed by atoms with Crippen LogP contribution >= 0.6 is 11.6 Å². The van der Waals surface area contributed by atoms with Gasteiger partial charge in [0.15, 0.2) is 0 Å². The van der Waals surface area contributed by atoms with Gasteiger partial charge in [-0.25, -0.2) is 9.97 Å². The second-order valence-corrected chi connectivity index (χ2v) is 4.86. The molecule has 0 aromatic carbocycles. The number of hydrogen-bond acceptors (Lipinski definition) is 3. The van der Waals surface area contributed by atoms with E-state index < -0.39 is 12.6 Å². The standard InChI is InChI=1S/C11H13ClF3N3/c1-18(5-4-11(13,14)15)9-6-8(12)16-10(17-9)7-2-3-7/h6-7H,2-5H2,1H3. The summed E-state index contributed by atoms with van der Waals surface area (Å²) >= 11 is 5.86. The van der Waals surface area contributed by atoms with Crippen LogP contribution in [-0.2, 0) is 0 Å². The van der Waals surface area contributed by atoms with Crippen LogP contribution in [0.2, 0.25) is 5.15 Å². The lowest BCUT2D eigenvalue weighted by Crippen LogP contribution is -2.25. The summed E-state index contributed by atoms with van der Waals surface area (Å²) in [6.45, 7) is -0.138. The first-order chi connectivity index (χ1) is 8.35. The molecule has 3 nitrogen and oxygen atoms in total. The van der Waals surface area contributed by atoms with Crippen LogP contribution in [0.1, 0.15) is 31.0 Å². The quantitative estimate of drug-likeness (QED) is 0.791. The molecule has 7 heteroatoms. The highest BCUT2D eigenvalue weighted by Crippen LogP contribution is 2.39. The molecule has 0 unspecified atom stereocenters. The monoisotopic (exact) mass is 279 g/mol. The van der Waals surface area contributed by atoms with Gasteiger partial charge >= 0.3 is 6.18 Å². The van der Waals surface area contributed by atoms with E-state index in [9.17, 15) is 13.2 Å². The number of alkyl halides is 3. The molecule has 100 valence electrons. The molecule has 0 N–H and O–H groups in total. The van der Waals surface area contributed by atoms with E-state index in [2.05, 4.69) is 9.97 Å². The van der Waals surface area contributed by atoms with Crippen LogP contribution in [0.3, 0.4) is 0 Å². The Bertz CT molecular complexity index is 432. The minimum absolute atomic E-state index is 0.138. The highest BCUT2D eigenvalue weighted by atomic mass is 35.5. The van der Waals surface area contributed by atoms with Crippen molar-refractivity contribution in [3.05, 3.63) is 17.0 Å². The first kappa shape index (κ1) is 13.4. The van der Waals surface area contributed by atoms with Crippen LogP contribution in [0, 0.1) is 0 Å². The molecule has 0 amide bonds. The van der Waals surface area contributed by atoms with Gasteiger partial charge in [-0.3, -0.25) is 0 Å². The van der Waals surface area contributed by atoms with Crippen molar-refractivity contribution >= 4 is 17.4 Å². The third-order valence-electron chi connectivity index (χ3n) is 2.76. The van der Waals surface area contributed by atoms with E-state index in [0.29, 0.717) is 17.6 Å². The van der Waals surface area contributed by atoms with E-state index >= 15 is 0 Å². The molecule has 0 bridgehead atoms. The third-order valence-corrected chi connectivity index (χ3v) is 2.96. The Hall–Kier alpha value is -1.04. The maximum atomic E-state index is 12.1. The van der Waals surface area contributed by atoms with Gasteiger partial charge in [0, 0.05) is 25.6 Å². The van der Waals surface area contributed by atoms with E-state index in [0.717, 1.165) is 12.8 Å². The van der Waals surface area contributed by atoms with Gasteiger partial charge in [0.1, 0.15) is 16.8 Å². The van der Waals surface area contributed by atoms with Gasteiger partial charge in [-0.2, -0.15) is 13.2 Å². The van der Waals surface area contributed by atoms with Crippen LogP contribution in [0.15, 0.2) is 6.07 Å². The fourth-order valence-corrected chi connectivity index (χ4v) is 1.74. The lowest BCUT2D eigenvalue weighted by molar-refractivity contribution is -0.132. The molecule has 1 aromatic heterocycles. The minimum atomic E-state index is -4.16. The fourth-order valence-electron chi connectivity index (χ4n) is 1.55. The topological polar surface area (TPSA) is 29.0 Å². The zero-order valence-corrected chi connectivity index (χ0v) is 10.6. The van der Waals surface area contributed by atoms with E-state index in [1.807, 2.05) is 0 Å². The van der Waals surface area contributed by atoms with E-state index in [4.69, 9.17) is 11.6 Å². The Morgan fingerprint density at radius 2 is 2.06 bits per heavy atom. The summed E-state index contributed by atoms with van der Waals surface area (Å²) in [5.74, 6) is 1.40. The van der Waals surface area contributed by atoms with Crippen molar-refractivity contribution in [2.75, 3.05) is 18.5 Å². The van der Waals surface area contributed by atoms with Crippen LogP contribution in [0.4, 0.5) is 19.0 Å². The van der Waals surface area contributed by atoms with Crippen molar-refractivity contribution < 1.29 is 13.2 Å². The van der Waals surface area contributed by atoms with Gasteiger partial charge in [-0.1, -0.05) is 11.6 Å². The first-order valence-corrected chi connectivity index (χ1v) is 6.05. The van der Waals surface area contributed by atoms with Crippen molar-refractivity contribution in [3.63, 3.8) is 0 Å². The van der Waals surface area contributed by atoms with Crippen molar-refractivity contribution in [2.24, 2.45) is 0 Å². The van der Waals surface area contributed by atoms with E-state index in [1.54, 1.807) is 7.05 Å². The summed E-state index contributed by atoms with van der Waals surface area (Å²) in [5, 5.41) is 0.278. The molecule has 0 aliphatic heterocycles. The molecule has 0 saturated heterocycles. The minimum Gasteiger partial charge on any atom is -0.359 e. The van der Waals surface area contributed by atoms with Crippen LogP contribution in [0.25, 0.3) is 0 Å². The number of anilines is 1. The van der Waals surface area contributed by atoms with Gasteiger partial charge < -0.3 is 4.90 Å². The molecule has 1 heterocycles. The lowest BCUT2D eigenvalue weighted by atomic mass is 10.3. The molecule has 1 aliphatic carbocycles. The number of rotatable bonds is 4. The van der Waals surface area contributed by atoms with Crippen LogP contribution in [0.5, 0.6) is 0 Å². The summed E-state index contributed by atoms with van der Waals surface area (Å²) in [5.41, 5.74) is 0.